The van der Waals surface area contributed by atoms with Crippen LogP contribution in [0.15, 0.2) is 0 Å². The summed E-state index contributed by atoms with van der Waals surface area (Å²) in [5.74, 6) is 0.729. The fraction of sp³-hybridized carbons (Fsp3) is 0.941. The minimum absolute atomic E-state index is 0.0457. The minimum atomic E-state index is -0.384. The third kappa shape index (κ3) is 5.64. The Morgan fingerprint density at radius 1 is 1.11 bits per heavy atom. The minimum Gasteiger partial charge on any atom is -0.392 e. The van der Waals surface area contributed by atoms with Crippen molar-refractivity contribution in [1.29, 1.82) is 0 Å². The van der Waals surface area contributed by atoms with Crippen molar-refractivity contribution in [2.24, 2.45) is 11.8 Å². The lowest BCUT2D eigenvalue weighted by Crippen LogP contribution is -2.29. The van der Waals surface area contributed by atoms with E-state index >= 15 is 0 Å². The summed E-state index contributed by atoms with van der Waals surface area (Å²) in [5, 5.41) is 10.1. The van der Waals surface area contributed by atoms with Crippen molar-refractivity contribution in [2.75, 3.05) is 0 Å². The Balaban J connectivity index is 2.25. The van der Waals surface area contributed by atoms with Crippen molar-refractivity contribution >= 4 is 5.78 Å². The van der Waals surface area contributed by atoms with Gasteiger partial charge in [0, 0.05) is 12.3 Å². The van der Waals surface area contributed by atoms with E-state index in [-0.39, 0.29) is 12.0 Å². The molecule has 0 aromatic heterocycles. The van der Waals surface area contributed by atoms with E-state index in [1.54, 1.807) is 0 Å². The van der Waals surface area contributed by atoms with Crippen LogP contribution in [0, 0.1) is 11.8 Å². The van der Waals surface area contributed by atoms with Crippen LogP contribution in [-0.2, 0) is 4.79 Å². The number of carbonyl (C=O) groups is 1. The maximum atomic E-state index is 11.9. The zero-order valence-corrected chi connectivity index (χ0v) is 12.9. The van der Waals surface area contributed by atoms with Crippen LogP contribution in [0.2, 0.25) is 0 Å². The Morgan fingerprint density at radius 2 is 1.79 bits per heavy atom. The van der Waals surface area contributed by atoms with Gasteiger partial charge in [-0.3, -0.25) is 4.79 Å². The van der Waals surface area contributed by atoms with Gasteiger partial charge in [-0.15, -0.1) is 0 Å². The van der Waals surface area contributed by atoms with Crippen molar-refractivity contribution in [3.05, 3.63) is 0 Å². The molecule has 1 saturated carbocycles. The van der Waals surface area contributed by atoms with Crippen molar-refractivity contribution in [2.45, 2.75) is 90.6 Å². The van der Waals surface area contributed by atoms with E-state index in [0.29, 0.717) is 18.1 Å². The van der Waals surface area contributed by atoms with Gasteiger partial charge in [-0.1, -0.05) is 58.8 Å². The molecule has 1 aliphatic rings. The molecule has 19 heavy (non-hydrogen) atoms. The number of hydrogen-bond donors (Lipinski definition) is 1. The fourth-order valence-electron chi connectivity index (χ4n) is 3.45. The van der Waals surface area contributed by atoms with Crippen molar-refractivity contribution < 1.29 is 9.90 Å². The quantitative estimate of drug-likeness (QED) is 0.593. The van der Waals surface area contributed by atoms with Crippen LogP contribution in [-0.4, -0.2) is 17.0 Å². The Labute approximate surface area is 119 Å². The van der Waals surface area contributed by atoms with E-state index in [1.165, 1.54) is 38.5 Å². The lowest BCUT2D eigenvalue weighted by molar-refractivity contribution is -0.124. The zero-order valence-electron chi connectivity index (χ0n) is 12.9. The second-order valence-electron chi connectivity index (χ2n) is 6.20. The first kappa shape index (κ1) is 16.7. The molecule has 1 aliphatic carbocycles. The lowest BCUT2D eigenvalue weighted by atomic mass is 9.84. The molecule has 2 heteroatoms. The third-order valence-electron chi connectivity index (χ3n) is 4.57. The summed E-state index contributed by atoms with van der Waals surface area (Å²) >= 11 is 0. The average molecular weight is 268 g/mol. The first-order chi connectivity index (χ1) is 9.20. The normalized spacial score (nSPS) is 24.9. The van der Waals surface area contributed by atoms with E-state index in [9.17, 15) is 9.90 Å². The summed E-state index contributed by atoms with van der Waals surface area (Å²) < 4.78 is 0. The topological polar surface area (TPSA) is 37.3 Å². The van der Waals surface area contributed by atoms with Gasteiger partial charge in [0.2, 0.25) is 0 Å². The van der Waals surface area contributed by atoms with E-state index in [1.807, 2.05) is 0 Å². The summed E-state index contributed by atoms with van der Waals surface area (Å²) in [5.41, 5.74) is 0. The summed E-state index contributed by atoms with van der Waals surface area (Å²) in [6.07, 6.45) is 12.1. The molecule has 0 aromatic carbocycles. The number of Topliss-reactive ketones (excluding diaryl/α,β-unsaturated/α-hetero) is 1. The summed E-state index contributed by atoms with van der Waals surface area (Å²) in [7, 11) is 0. The van der Waals surface area contributed by atoms with Crippen LogP contribution in [0.1, 0.15) is 84.5 Å². The van der Waals surface area contributed by atoms with E-state index in [2.05, 4.69) is 13.8 Å². The predicted molar refractivity (Wildman–Crippen MR) is 80.1 cm³/mol. The fourth-order valence-corrected chi connectivity index (χ4v) is 3.45. The van der Waals surface area contributed by atoms with E-state index in [4.69, 9.17) is 0 Å². The maximum absolute atomic E-state index is 11.9. The number of unbranched alkanes of at least 4 members (excludes halogenated alkanes) is 5. The highest BCUT2D eigenvalue weighted by Gasteiger charge is 2.38. The Kier molecular flexibility index (Phi) is 8.36. The highest BCUT2D eigenvalue weighted by atomic mass is 16.3. The van der Waals surface area contributed by atoms with Crippen LogP contribution in [0.4, 0.5) is 0 Å². The van der Waals surface area contributed by atoms with Crippen LogP contribution < -0.4 is 0 Å². The van der Waals surface area contributed by atoms with Gasteiger partial charge in [-0.2, -0.15) is 0 Å². The smallest absolute Gasteiger partial charge is 0.138 e. The second-order valence-corrected chi connectivity index (χ2v) is 6.20. The monoisotopic (exact) mass is 268 g/mol. The van der Waals surface area contributed by atoms with Crippen LogP contribution >= 0.6 is 0 Å². The molecule has 0 heterocycles. The number of aliphatic hydroxyl groups excluding tert-OH is 1. The highest BCUT2D eigenvalue weighted by molar-refractivity contribution is 5.83. The van der Waals surface area contributed by atoms with Gasteiger partial charge >= 0.3 is 0 Å². The van der Waals surface area contributed by atoms with Crippen LogP contribution in [0.25, 0.3) is 0 Å². The molecule has 3 unspecified atom stereocenters. The first-order valence-electron chi connectivity index (χ1n) is 8.41. The number of ketones is 1. The molecule has 1 rings (SSSR count). The van der Waals surface area contributed by atoms with Crippen molar-refractivity contribution in [1.82, 2.24) is 0 Å². The zero-order chi connectivity index (χ0) is 14.1. The number of hydrogen-bond acceptors (Lipinski definition) is 2. The van der Waals surface area contributed by atoms with Gasteiger partial charge < -0.3 is 5.11 Å². The van der Waals surface area contributed by atoms with E-state index < -0.39 is 0 Å². The Morgan fingerprint density at radius 3 is 2.47 bits per heavy atom. The van der Waals surface area contributed by atoms with Gasteiger partial charge in [0.05, 0.1) is 6.10 Å². The molecule has 0 aromatic rings. The SMILES string of the molecule is CCCCCCCCC1CCC(=O)C1C(O)CCC. The molecule has 0 bridgehead atoms. The predicted octanol–water partition coefficient (Wildman–Crippen LogP) is 4.49. The highest BCUT2D eigenvalue weighted by Crippen LogP contribution is 2.36. The van der Waals surface area contributed by atoms with Gasteiger partial charge in [-0.05, 0) is 25.2 Å². The molecular formula is C17H32O2. The van der Waals surface area contributed by atoms with Crippen LogP contribution in [0.5, 0.6) is 0 Å². The summed E-state index contributed by atoms with van der Waals surface area (Å²) in [6, 6.07) is 0. The largest absolute Gasteiger partial charge is 0.392 e. The molecule has 0 aliphatic heterocycles. The average Bonchev–Trinajstić information content (AvgIpc) is 2.75. The van der Waals surface area contributed by atoms with Crippen LogP contribution in [0.3, 0.4) is 0 Å². The van der Waals surface area contributed by atoms with Crippen molar-refractivity contribution in [3.8, 4) is 0 Å². The molecule has 1 N–H and O–H groups in total. The molecule has 3 atom stereocenters. The Bertz CT molecular complexity index is 250. The third-order valence-corrected chi connectivity index (χ3v) is 4.57. The first-order valence-corrected chi connectivity index (χ1v) is 8.41. The maximum Gasteiger partial charge on any atom is 0.138 e. The van der Waals surface area contributed by atoms with Gasteiger partial charge in [-0.25, -0.2) is 0 Å². The lowest BCUT2D eigenvalue weighted by Gasteiger charge is -2.23. The standard InChI is InChI=1S/C17H32O2/c1-3-5-6-7-8-9-11-14-12-13-16(19)17(14)15(18)10-4-2/h14-15,17-18H,3-13H2,1-2H3. The molecule has 0 spiro atoms. The number of rotatable bonds is 10. The summed E-state index contributed by atoms with van der Waals surface area (Å²) in [6.45, 7) is 4.31. The molecule has 0 radical (unpaired) electrons. The van der Waals surface area contributed by atoms with Crippen molar-refractivity contribution in [3.63, 3.8) is 0 Å². The van der Waals surface area contributed by atoms with Gasteiger partial charge in [0.25, 0.3) is 0 Å². The van der Waals surface area contributed by atoms with E-state index in [0.717, 1.165) is 25.7 Å². The van der Waals surface area contributed by atoms with Gasteiger partial charge in [0.15, 0.2) is 0 Å². The van der Waals surface area contributed by atoms with Gasteiger partial charge in [0.1, 0.15) is 5.78 Å². The molecule has 112 valence electrons. The second kappa shape index (κ2) is 9.52. The molecule has 2 nitrogen and oxygen atoms in total. The molecular weight excluding hydrogens is 236 g/mol. The molecule has 0 amide bonds. The Hall–Kier alpha value is -0.370. The number of aliphatic hydroxyl groups is 1. The summed E-state index contributed by atoms with van der Waals surface area (Å²) in [4.78, 5) is 11.9. The molecule has 0 saturated heterocycles. The number of carbonyl (C=O) groups excluding carboxylic acids is 1. The molecule has 1 fully saturated rings.